The highest BCUT2D eigenvalue weighted by atomic mass is 16.7. The van der Waals surface area contributed by atoms with Gasteiger partial charge in [-0.1, -0.05) is 44.2 Å². The number of carbonyl (C=O) groups excluding carboxylic acids is 2. The number of carbonyl (C=O) groups is 2. The Hall–Kier alpha value is -2.08. The number of amides is 2. The van der Waals surface area contributed by atoms with Gasteiger partial charge in [-0.2, -0.15) is 0 Å². The SMILES string of the molecule is CON(C)C(=O)[C@@](C)(NC(=O)OCc1ccccc1)C(C)C. The van der Waals surface area contributed by atoms with Crippen LogP contribution in [0.4, 0.5) is 4.79 Å². The highest BCUT2D eigenvalue weighted by Crippen LogP contribution is 2.19. The highest BCUT2D eigenvalue weighted by molar-refractivity contribution is 5.89. The van der Waals surface area contributed by atoms with Gasteiger partial charge in [0.05, 0.1) is 7.11 Å². The lowest BCUT2D eigenvalue weighted by Gasteiger charge is -2.35. The van der Waals surface area contributed by atoms with Gasteiger partial charge in [-0.15, -0.1) is 0 Å². The van der Waals surface area contributed by atoms with Crippen molar-refractivity contribution in [1.82, 2.24) is 10.4 Å². The minimum atomic E-state index is -1.11. The smallest absolute Gasteiger partial charge is 0.408 e. The average molecular weight is 308 g/mol. The van der Waals surface area contributed by atoms with Crippen molar-refractivity contribution in [2.75, 3.05) is 14.2 Å². The van der Waals surface area contributed by atoms with E-state index in [9.17, 15) is 9.59 Å². The molecule has 0 fully saturated rings. The van der Waals surface area contributed by atoms with Crippen LogP contribution in [0.2, 0.25) is 0 Å². The molecule has 0 aromatic heterocycles. The summed E-state index contributed by atoms with van der Waals surface area (Å²) in [5.41, 5.74) is -0.234. The third-order valence-electron chi connectivity index (χ3n) is 3.73. The van der Waals surface area contributed by atoms with E-state index in [2.05, 4.69) is 5.32 Å². The molecule has 22 heavy (non-hydrogen) atoms. The van der Waals surface area contributed by atoms with Crippen molar-refractivity contribution in [3.63, 3.8) is 0 Å². The molecule has 6 heteroatoms. The van der Waals surface area contributed by atoms with Crippen LogP contribution in [0.5, 0.6) is 0 Å². The topological polar surface area (TPSA) is 67.9 Å². The molecule has 0 saturated heterocycles. The molecule has 6 nitrogen and oxygen atoms in total. The molecule has 0 unspecified atom stereocenters. The van der Waals surface area contributed by atoms with Gasteiger partial charge >= 0.3 is 6.09 Å². The minimum Gasteiger partial charge on any atom is -0.445 e. The number of hydrogen-bond donors (Lipinski definition) is 1. The lowest BCUT2D eigenvalue weighted by atomic mass is 9.87. The van der Waals surface area contributed by atoms with Gasteiger partial charge in [-0.25, -0.2) is 9.86 Å². The maximum Gasteiger partial charge on any atom is 0.408 e. The van der Waals surface area contributed by atoms with E-state index in [1.54, 1.807) is 6.92 Å². The fraction of sp³-hybridized carbons (Fsp3) is 0.500. The van der Waals surface area contributed by atoms with Gasteiger partial charge in [0.15, 0.2) is 0 Å². The van der Waals surface area contributed by atoms with Crippen molar-refractivity contribution in [3.8, 4) is 0 Å². The Morgan fingerprint density at radius 3 is 2.36 bits per heavy atom. The Labute approximate surface area is 131 Å². The molecule has 0 spiro atoms. The van der Waals surface area contributed by atoms with E-state index < -0.39 is 11.6 Å². The first-order chi connectivity index (χ1) is 10.3. The number of hydrogen-bond acceptors (Lipinski definition) is 4. The molecule has 2 amide bonds. The van der Waals surface area contributed by atoms with Crippen LogP contribution in [0, 0.1) is 5.92 Å². The summed E-state index contributed by atoms with van der Waals surface area (Å²) in [4.78, 5) is 29.3. The van der Waals surface area contributed by atoms with Gasteiger partial charge in [0, 0.05) is 7.05 Å². The van der Waals surface area contributed by atoms with E-state index in [0.717, 1.165) is 10.6 Å². The van der Waals surface area contributed by atoms with Crippen molar-refractivity contribution in [1.29, 1.82) is 0 Å². The summed E-state index contributed by atoms with van der Waals surface area (Å²) in [6.45, 7) is 5.49. The van der Waals surface area contributed by atoms with Gasteiger partial charge in [-0.05, 0) is 18.4 Å². The van der Waals surface area contributed by atoms with Crippen LogP contribution in [-0.2, 0) is 21.0 Å². The zero-order valence-electron chi connectivity index (χ0n) is 13.8. The summed E-state index contributed by atoms with van der Waals surface area (Å²) >= 11 is 0. The first kappa shape index (κ1) is 18.0. The lowest BCUT2D eigenvalue weighted by molar-refractivity contribution is -0.177. The summed E-state index contributed by atoms with van der Waals surface area (Å²) in [5.74, 6) is -0.483. The van der Waals surface area contributed by atoms with E-state index in [1.165, 1.54) is 14.2 Å². The maximum absolute atomic E-state index is 12.4. The van der Waals surface area contributed by atoms with Crippen molar-refractivity contribution < 1.29 is 19.2 Å². The van der Waals surface area contributed by atoms with E-state index in [1.807, 2.05) is 44.2 Å². The monoisotopic (exact) mass is 308 g/mol. The van der Waals surface area contributed by atoms with Crippen molar-refractivity contribution in [2.24, 2.45) is 5.92 Å². The third-order valence-corrected chi connectivity index (χ3v) is 3.73. The second-order valence-corrected chi connectivity index (χ2v) is 5.53. The van der Waals surface area contributed by atoms with E-state index in [4.69, 9.17) is 9.57 Å². The Kier molecular flexibility index (Phi) is 6.37. The summed E-state index contributed by atoms with van der Waals surface area (Å²) in [7, 11) is 2.90. The van der Waals surface area contributed by atoms with Crippen LogP contribution in [0.15, 0.2) is 30.3 Å². The van der Waals surface area contributed by atoms with Crippen LogP contribution < -0.4 is 5.32 Å². The van der Waals surface area contributed by atoms with Gasteiger partial charge in [0.2, 0.25) is 0 Å². The summed E-state index contributed by atoms with van der Waals surface area (Å²) in [5, 5.41) is 3.74. The van der Waals surface area contributed by atoms with Crippen LogP contribution in [-0.4, -0.2) is 36.8 Å². The molecule has 0 saturated carbocycles. The normalized spacial score (nSPS) is 13.4. The quantitative estimate of drug-likeness (QED) is 0.819. The minimum absolute atomic E-state index is 0.137. The molecule has 0 radical (unpaired) electrons. The molecule has 1 atom stereocenters. The molecule has 0 aliphatic carbocycles. The Morgan fingerprint density at radius 1 is 1.27 bits per heavy atom. The fourth-order valence-corrected chi connectivity index (χ4v) is 1.83. The zero-order valence-corrected chi connectivity index (χ0v) is 13.8. The van der Waals surface area contributed by atoms with E-state index in [0.29, 0.717) is 0 Å². The molecule has 0 bridgehead atoms. The zero-order chi connectivity index (χ0) is 16.8. The van der Waals surface area contributed by atoms with Gasteiger partial charge < -0.3 is 10.1 Å². The maximum atomic E-state index is 12.4. The molecular weight excluding hydrogens is 284 g/mol. The molecule has 0 aliphatic rings. The summed E-state index contributed by atoms with van der Waals surface area (Å²) in [6, 6.07) is 9.34. The number of nitrogens with one attached hydrogen (secondary N) is 1. The standard InChI is InChI=1S/C16H24N2O4/c1-12(2)16(3,14(19)18(4)21-5)17-15(20)22-11-13-9-7-6-8-10-13/h6-10,12H,11H2,1-5H3,(H,17,20)/t16-/m0/s1. The molecule has 1 aromatic carbocycles. The second-order valence-electron chi connectivity index (χ2n) is 5.53. The second kappa shape index (κ2) is 7.79. The lowest BCUT2D eigenvalue weighted by Crippen LogP contribution is -2.60. The molecule has 122 valence electrons. The highest BCUT2D eigenvalue weighted by Gasteiger charge is 2.41. The number of nitrogens with zero attached hydrogens (tertiary/aromatic N) is 1. The first-order valence-corrected chi connectivity index (χ1v) is 7.12. The predicted molar refractivity (Wildman–Crippen MR) is 82.8 cm³/mol. The molecule has 0 aliphatic heterocycles. The van der Waals surface area contributed by atoms with Crippen LogP contribution in [0.25, 0.3) is 0 Å². The molecule has 1 aromatic rings. The largest absolute Gasteiger partial charge is 0.445 e. The Balaban J connectivity index is 2.70. The van der Waals surface area contributed by atoms with Crippen LogP contribution in [0.1, 0.15) is 26.3 Å². The molecule has 1 N–H and O–H groups in total. The van der Waals surface area contributed by atoms with Gasteiger partial charge in [-0.3, -0.25) is 9.63 Å². The Morgan fingerprint density at radius 2 is 1.86 bits per heavy atom. The number of rotatable bonds is 6. The molecule has 0 heterocycles. The fourth-order valence-electron chi connectivity index (χ4n) is 1.83. The number of ether oxygens (including phenoxy) is 1. The van der Waals surface area contributed by atoms with Crippen molar-refractivity contribution in [3.05, 3.63) is 35.9 Å². The number of likely N-dealkylation sites (N-methyl/N-ethyl adjacent to an activating group) is 1. The first-order valence-electron chi connectivity index (χ1n) is 7.12. The van der Waals surface area contributed by atoms with Crippen LogP contribution in [0.3, 0.4) is 0 Å². The number of hydroxylamine groups is 2. The summed E-state index contributed by atoms with van der Waals surface area (Å²) in [6.07, 6.45) is -0.641. The number of alkyl carbamates (subject to hydrolysis) is 1. The number of benzene rings is 1. The summed E-state index contributed by atoms with van der Waals surface area (Å²) < 4.78 is 5.18. The van der Waals surface area contributed by atoms with Gasteiger partial charge in [0.1, 0.15) is 12.1 Å². The van der Waals surface area contributed by atoms with Crippen molar-refractivity contribution in [2.45, 2.75) is 32.9 Å². The van der Waals surface area contributed by atoms with Crippen LogP contribution >= 0.6 is 0 Å². The van der Waals surface area contributed by atoms with Crippen molar-refractivity contribution >= 4 is 12.0 Å². The predicted octanol–water partition coefficient (Wildman–Crippen LogP) is 2.35. The Bertz CT molecular complexity index is 504. The van der Waals surface area contributed by atoms with E-state index in [-0.39, 0.29) is 18.4 Å². The van der Waals surface area contributed by atoms with E-state index >= 15 is 0 Å². The van der Waals surface area contributed by atoms with Gasteiger partial charge in [0.25, 0.3) is 5.91 Å². The third kappa shape index (κ3) is 4.46. The average Bonchev–Trinajstić information content (AvgIpc) is 2.52. The molecular formula is C16H24N2O4. The molecule has 1 rings (SSSR count).